The molecule has 35 heavy (non-hydrogen) atoms. The van der Waals surface area contributed by atoms with Crippen molar-refractivity contribution in [3.8, 4) is 0 Å². The van der Waals surface area contributed by atoms with Gasteiger partial charge in [0.05, 0.1) is 13.2 Å². The number of benzene rings is 3. The van der Waals surface area contributed by atoms with Gasteiger partial charge in [-0.05, 0) is 29.5 Å². The van der Waals surface area contributed by atoms with Gasteiger partial charge in [-0.15, -0.1) is 0 Å². The summed E-state index contributed by atoms with van der Waals surface area (Å²) in [6.07, 6.45) is -3.24. The number of ether oxygens (including phenoxy) is 4. The molecular weight excluding hydrogens is 466 g/mol. The lowest BCUT2D eigenvalue weighted by atomic mass is 9.98. The highest BCUT2D eigenvalue weighted by atomic mass is 32.2. The second-order valence-corrected chi connectivity index (χ2v) is 9.59. The quantitative estimate of drug-likeness (QED) is 0.415. The third kappa shape index (κ3) is 4.86. The maximum Gasteiger partial charge on any atom is 0.259 e. The minimum Gasteiger partial charge on any atom is -0.431 e. The number of hydrogen-bond acceptors (Lipinski definition) is 8. The summed E-state index contributed by atoms with van der Waals surface area (Å²) in [6, 6.07) is 27.1. The van der Waals surface area contributed by atoms with E-state index < -0.39 is 36.1 Å². The molecule has 3 aromatic carbocycles. The minimum atomic E-state index is -0.936. The van der Waals surface area contributed by atoms with Gasteiger partial charge < -0.3 is 28.5 Å². The third-order valence-corrected chi connectivity index (χ3v) is 7.15. The first-order valence-corrected chi connectivity index (χ1v) is 12.5. The van der Waals surface area contributed by atoms with Gasteiger partial charge >= 0.3 is 0 Å². The number of aliphatic hydroxyl groups is 1. The molecule has 2 fully saturated rings. The van der Waals surface area contributed by atoms with Gasteiger partial charge in [-0.2, -0.15) is 0 Å². The number of fused-ring (bicyclic) bond motifs is 2. The lowest BCUT2D eigenvalue weighted by Gasteiger charge is -2.47. The monoisotopic (exact) mass is 491 g/mol. The maximum atomic E-state index is 11.4. The van der Waals surface area contributed by atoms with Gasteiger partial charge in [-0.1, -0.05) is 72.8 Å². The van der Waals surface area contributed by atoms with Gasteiger partial charge in [0, 0.05) is 5.56 Å². The fourth-order valence-electron chi connectivity index (χ4n) is 4.39. The zero-order chi connectivity index (χ0) is 23.6. The Morgan fingerprint density at radius 3 is 2.46 bits per heavy atom. The van der Waals surface area contributed by atoms with E-state index in [0.717, 1.165) is 16.6 Å². The van der Waals surface area contributed by atoms with Crippen LogP contribution in [0.2, 0.25) is 0 Å². The highest BCUT2D eigenvalue weighted by Gasteiger charge is 2.50. The fraction of sp³-hybridized carbons (Fsp3) is 0.296. The summed E-state index contributed by atoms with van der Waals surface area (Å²) in [6.45, 7) is 0.615. The predicted octanol–water partition coefficient (Wildman–Crippen LogP) is 4.71. The van der Waals surface area contributed by atoms with Gasteiger partial charge in [0.2, 0.25) is 0 Å². The predicted molar refractivity (Wildman–Crippen MR) is 130 cm³/mol. The standard InChI is InChI=1S/C27H25NO6S/c29-22-23-21(16-31-25(34-23)18-11-5-2-6-12-18)32-26(24(22)30-15-17-9-3-1-4-10-17)35-27-28-19-13-7-8-14-20(19)33-27/h1-14,21-26,29H,15-16H2/t21-,22+,23+,24-,25+,26+/m1/s1. The number of rotatable bonds is 6. The van der Waals surface area contributed by atoms with Crippen molar-refractivity contribution >= 4 is 22.9 Å². The Hall–Kier alpha value is -2.72. The number of aliphatic hydroxyl groups excluding tert-OH is 1. The lowest BCUT2D eigenvalue weighted by molar-refractivity contribution is -0.323. The Morgan fingerprint density at radius 2 is 1.66 bits per heavy atom. The normalized spacial score (nSPS) is 28.6. The number of oxazole rings is 1. The smallest absolute Gasteiger partial charge is 0.259 e. The summed E-state index contributed by atoms with van der Waals surface area (Å²) in [5.41, 5.74) is 2.79. The molecule has 0 bridgehead atoms. The molecular formula is C27H25NO6S. The molecule has 0 spiro atoms. The molecule has 2 saturated heterocycles. The van der Waals surface area contributed by atoms with Crippen LogP contribution in [0.15, 0.2) is 94.6 Å². The van der Waals surface area contributed by atoms with Gasteiger partial charge in [-0.3, -0.25) is 0 Å². The topological polar surface area (TPSA) is 83.2 Å². The van der Waals surface area contributed by atoms with Crippen LogP contribution in [0.1, 0.15) is 17.4 Å². The Morgan fingerprint density at radius 1 is 0.914 bits per heavy atom. The first kappa shape index (κ1) is 22.7. The van der Waals surface area contributed by atoms with Crippen LogP contribution in [0.25, 0.3) is 11.1 Å². The maximum absolute atomic E-state index is 11.4. The summed E-state index contributed by atoms with van der Waals surface area (Å²) in [5, 5.41) is 11.9. The Labute approximate surface area is 207 Å². The highest BCUT2D eigenvalue weighted by Crippen LogP contribution is 2.40. The lowest BCUT2D eigenvalue weighted by Crippen LogP contribution is -2.61. The second-order valence-electron chi connectivity index (χ2n) is 8.54. The molecule has 8 heteroatoms. The molecule has 4 aromatic rings. The second kappa shape index (κ2) is 10.1. The van der Waals surface area contributed by atoms with Crippen LogP contribution in [0.4, 0.5) is 0 Å². The van der Waals surface area contributed by atoms with E-state index in [1.807, 2.05) is 84.9 Å². The molecule has 1 aromatic heterocycles. The molecule has 0 unspecified atom stereocenters. The van der Waals surface area contributed by atoms with Crippen LogP contribution >= 0.6 is 11.8 Å². The van der Waals surface area contributed by atoms with Gasteiger partial charge in [0.1, 0.15) is 35.4 Å². The highest BCUT2D eigenvalue weighted by molar-refractivity contribution is 7.99. The van der Waals surface area contributed by atoms with E-state index in [2.05, 4.69) is 4.98 Å². The Bertz CT molecular complexity index is 1220. The van der Waals surface area contributed by atoms with Crippen molar-refractivity contribution in [2.24, 2.45) is 0 Å². The van der Waals surface area contributed by atoms with Crippen molar-refractivity contribution in [2.75, 3.05) is 6.61 Å². The average Bonchev–Trinajstić information content (AvgIpc) is 3.32. The van der Waals surface area contributed by atoms with E-state index in [9.17, 15) is 5.11 Å². The first-order chi connectivity index (χ1) is 17.2. The molecule has 2 aliphatic heterocycles. The number of aromatic nitrogens is 1. The average molecular weight is 492 g/mol. The molecule has 7 nitrogen and oxygen atoms in total. The summed E-state index contributed by atoms with van der Waals surface area (Å²) in [7, 11) is 0. The molecule has 2 aliphatic rings. The molecule has 180 valence electrons. The van der Waals surface area contributed by atoms with Crippen LogP contribution in [0.3, 0.4) is 0 Å². The zero-order valence-electron chi connectivity index (χ0n) is 18.8. The van der Waals surface area contributed by atoms with E-state index in [1.54, 1.807) is 0 Å². The van der Waals surface area contributed by atoms with Crippen molar-refractivity contribution in [1.29, 1.82) is 0 Å². The summed E-state index contributed by atoms with van der Waals surface area (Å²) < 4.78 is 30.7. The van der Waals surface area contributed by atoms with Crippen LogP contribution in [-0.2, 0) is 25.6 Å². The van der Waals surface area contributed by atoms with Crippen LogP contribution < -0.4 is 0 Å². The van der Waals surface area contributed by atoms with Crippen LogP contribution in [0, 0.1) is 0 Å². The molecule has 0 saturated carbocycles. The van der Waals surface area contributed by atoms with Crippen molar-refractivity contribution in [3.63, 3.8) is 0 Å². The number of para-hydroxylation sites is 2. The molecule has 0 aliphatic carbocycles. The van der Waals surface area contributed by atoms with E-state index in [4.69, 9.17) is 23.4 Å². The molecule has 6 rings (SSSR count). The van der Waals surface area contributed by atoms with Crippen molar-refractivity contribution in [1.82, 2.24) is 4.98 Å². The van der Waals surface area contributed by atoms with E-state index in [-0.39, 0.29) is 6.61 Å². The molecule has 0 amide bonds. The number of nitrogens with zero attached hydrogens (tertiary/aromatic N) is 1. The van der Waals surface area contributed by atoms with E-state index >= 15 is 0 Å². The van der Waals surface area contributed by atoms with Gasteiger partial charge in [-0.25, -0.2) is 4.98 Å². The van der Waals surface area contributed by atoms with Crippen molar-refractivity contribution < 1.29 is 28.5 Å². The first-order valence-electron chi connectivity index (χ1n) is 11.6. The molecule has 6 atom stereocenters. The van der Waals surface area contributed by atoms with Crippen molar-refractivity contribution in [3.05, 3.63) is 96.1 Å². The number of thioether (sulfide) groups is 1. The molecule has 1 N–H and O–H groups in total. The van der Waals surface area contributed by atoms with Crippen LogP contribution in [-0.4, -0.2) is 46.5 Å². The minimum absolute atomic E-state index is 0.289. The zero-order valence-corrected chi connectivity index (χ0v) is 19.6. The fourth-order valence-corrected chi connectivity index (χ4v) is 5.45. The van der Waals surface area contributed by atoms with Gasteiger partial charge in [0.15, 0.2) is 11.9 Å². The number of hydrogen-bond donors (Lipinski definition) is 1. The largest absolute Gasteiger partial charge is 0.431 e. The summed E-state index contributed by atoms with van der Waals surface area (Å²) in [5.74, 6) is 0. The van der Waals surface area contributed by atoms with Gasteiger partial charge in [0.25, 0.3) is 5.22 Å². The third-order valence-electron chi connectivity index (χ3n) is 6.16. The SMILES string of the molecule is O[C@H]1[C@H]2O[C@@H](c3ccccc3)OC[C@H]2O[C@@H](Sc2nc3ccccc3o2)[C@@H]1OCc1ccccc1. The molecule has 3 heterocycles. The van der Waals surface area contributed by atoms with E-state index in [1.165, 1.54) is 11.8 Å². The summed E-state index contributed by atoms with van der Waals surface area (Å²) >= 11 is 1.29. The Kier molecular flexibility index (Phi) is 6.56. The Balaban J connectivity index is 1.24. The molecule has 0 radical (unpaired) electrons. The van der Waals surface area contributed by atoms with Crippen molar-refractivity contribution in [2.45, 2.75) is 48.0 Å². The van der Waals surface area contributed by atoms with E-state index in [0.29, 0.717) is 17.4 Å². The summed E-state index contributed by atoms with van der Waals surface area (Å²) in [4.78, 5) is 4.56. The van der Waals surface area contributed by atoms with Crippen LogP contribution in [0.5, 0.6) is 0 Å².